The van der Waals surface area contributed by atoms with Gasteiger partial charge in [-0.15, -0.1) is 0 Å². The number of carbonyl (C=O) groups excluding carboxylic acids is 1. The topological polar surface area (TPSA) is 91.5 Å². The van der Waals surface area contributed by atoms with Crippen LogP contribution in [0.2, 0.25) is 0 Å². The van der Waals surface area contributed by atoms with Gasteiger partial charge in [-0.2, -0.15) is 0 Å². The molecule has 1 aliphatic heterocycles. The number of amides is 1. The summed E-state index contributed by atoms with van der Waals surface area (Å²) in [5.41, 5.74) is 2.85. The van der Waals surface area contributed by atoms with Crippen LogP contribution in [0, 0.1) is 0 Å². The quantitative estimate of drug-likeness (QED) is 0.613. The van der Waals surface area contributed by atoms with Gasteiger partial charge in [0.15, 0.2) is 0 Å². The summed E-state index contributed by atoms with van der Waals surface area (Å²) in [6, 6.07) is 12.2. The first kappa shape index (κ1) is 21.4. The summed E-state index contributed by atoms with van der Waals surface area (Å²) < 4.78 is 32.0. The number of sulfonamides is 1. The molecule has 4 rings (SSSR count). The molecule has 31 heavy (non-hydrogen) atoms. The minimum Gasteiger partial charge on any atom is -0.497 e. The third-order valence-electron chi connectivity index (χ3n) is 5.89. The zero-order valence-electron chi connectivity index (χ0n) is 17.7. The van der Waals surface area contributed by atoms with Crippen LogP contribution in [0.3, 0.4) is 0 Å². The van der Waals surface area contributed by atoms with Gasteiger partial charge < -0.3 is 14.6 Å². The second-order valence-electron chi connectivity index (χ2n) is 7.75. The highest BCUT2D eigenvalue weighted by Crippen LogP contribution is 2.35. The predicted octanol–water partition coefficient (Wildman–Crippen LogP) is 3.49. The number of likely N-dealkylation sites (tertiary alicyclic amines) is 1. The molecule has 2 N–H and O–H groups in total. The van der Waals surface area contributed by atoms with E-state index >= 15 is 0 Å². The molecule has 2 heterocycles. The van der Waals surface area contributed by atoms with Crippen LogP contribution < -0.4 is 9.46 Å². The van der Waals surface area contributed by atoms with Crippen molar-refractivity contribution < 1.29 is 17.9 Å². The maximum atomic E-state index is 12.9. The van der Waals surface area contributed by atoms with Gasteiger partial charge in [-0.3, -0.25) is 4.79 Å². The van der Waals surface area contributed by atoms with Crippen molar-refractivity contribution in [2.45, 2.75) is 30.6 Å². The molecule has 1 fully saturated rings. The minimum absolute atomic E-state index is 0.0635. The number of methoxy groups -OCH3 is 1. The fourth-order valence-corrected chi connectivity index (χ4v) is 5.25. The Balaban J connectivity index is 1.44. The Bertz CT molecular complexity index is 1180. The van der Waals surface area contributed by atoms with Crippen LogP contribution in [0.1, 0.15) is 41.6 Å². The van der Waals surface area contributed by atoms with Gasteiger partial charge in [0.1, 0.15) is 5.75 Å². The number of hydrogen-bond donors (Lipinski definition) is 2. The largest absolute Gasteiger partial charge is 0.497 e. The van der Waals surface area contributed by atoms with Crippen LogP contribution in [0.25, 0.3) is 10.9 Å². The van der Waals surface area contributed by atoms with Crippen LogP contribution in [0.15, 0.2) is 53.6 Å². The van der Waals surface area contributed by atoms with E-state index in [-0.39, 0.29) is 10.8 Å². The molecular formula is C23H27N3O4S. The number of piperidine rings is 1. The number of aromatic amines is 1. The Morgan fingerprint density at radius 2 is 1.87 bits per heavy atom. The van der Waals surface area contributed by atoms with Gasteiger partial charge in [0.25, 0.3) is 5.91 Å². The molecule has 3 aromatic rings. The summed E-state index contributed by atoms with van der Waals surface area (Å²) >= 11 is 0. The summed E-state index contributed by atoms with van der Waals surface area (Å²) in [5, 5.41) is 1.17. The van der Waals surface area contributed by atoms with Gasteiger partial charge >= 0.3 is 0 Å². The molecule has 164 valence electrons. The highest BCUT2D eigenvalue weighted by molar-refractivity contribution is 7.89. The molecule has 0 atom stereocenters. The Labute approximate surface area is 182 Å². The average molecular weight is 442 g/mol. The lowest BCUT2D eigenvalue weighted by atomic mass is 9.89. The highest BCUT2D eigenvalue weighted by Gasteiger charge is 2.26. The van der Waals surface area contributed by atoms with E-state index in [9.17, 15) is 13.2 Å². The van der Waals surface area contributed by atoms with Crippen molar-refractivity contribution in [3.63, 3.8) is 0 Å². The lowest BCUT2D eigenvalue weighted by Crippen LogP contribution is -2.37. The van der Waals surface area contributed by atoms with E-state index in [1.54, 1.807) is 26.2 Å². The van der Waals surface area contributed by atoms with Crippen LogP contribution in [0.5, 0.6) is 5.75 Å². The van der Waals surface area contributed by atoms with Gasteiger partial charge in [0.05, 0.1) is 12.0 Å². The summed E-state index contributed by atoms with van der Waals surface area (Å²) in [4.78, 5) is 18.3. The van der Waals surface area contributed by atoms with E-state index in [1.165, 1.54) is 23.1 Å². The summed E-state index contributed by atoms with van der Waals surface area (Å²) in [5.74, 6) is 1.14. The Kier molecular flexibility index (Phi) is 6.02. The van der Waals surface area contributed by atoms with E-state index in [4.69, 9.17) is 4.74 Å². The maximum Gasteiger partial charge on any atom is 0.253 e. The molecule has 8 heteroatoms. The molecule has 1 aliphatic rings. The first-order valence-electron chi connectivity index (χ1n) is 10.5. The predicted molar refractivity (Wildman–Crippen MR) is 120 cm³/mol. The lowest BCUT2D eigenvalue weighted by Gasteiger charge is -2.32. The summed E-state index contributed by atoms with van der Waals surface area (Å²) in [6.07, 6.45) is 3.82. The van der Waals surface area contributed by atoms with E-state index in [2.05, 4.69) is 22.0 Å². The normalized spacial score (nSPS) is 15.4. The number of ether oxygens (including phenoxy) is 1. The van der Waals surface area contributed by atoms with Gasteiger partial charge in [-0.1, -0.05) is 6.92 Å². The second kappa shape index (κ2) is 8.72. The Morgan fingerprint density at radius 1 is 1.16 bits per heavy atom. The molecular weight excluding hydrogens is 414 g/mol. The van der Waals surface area contributed by atoms with Crippen molar-refractivity contribution >= 4 is 26.8 Å². The van der Waals surface area contributed by atoms with E-state index in [0.29, 0.717) is 31.1 Å². The standard InChI is InChI=1S/C23H27N3O4S/c1-3-25-31(28,29)19-7-4-17(5-8-19)23(27)26-12-10-16(11-13-26)21-15-24-22-9-6-18(30-2)14-20(21)22/h4-9,14-16,24-25H,3,10-13H2,1-2H3. The molecule has 0 saturated carbocycles. The van der Waals surface area contributed by atoms with Crippen molar-refractivity contribution in [2.24, 2.45) is 0 Å². The van der Waals surface area contributed by atoms with Gasteiger partial charge in [0.2, 0.25) is 10.0 Å². The van der Waals surface area contributed by atoms with Gasteiger partial charge in [-0.25, -0.2) is 13.1 Å². The number of rotatable bonds is 6. The zero-order chi connectivity index (χ0) is 22.0. The number of hydrogen-bond acceptors (Lipinski definition) is 4. The van der Waals surface area contributed by atoms with Crippen molar-refractivity contribution in [2.75, 3.05) is 26.7 Å². The number of aromatic nitrogens is 1. The smallest absolute Gasteiger partial charge is 0.253 e. The molecule has 1 amide bonds. The summed E-state index contributed by atoms with van der Waals surface area (Å²) in [6.45, 7) is 3.38. The van der Waals surface area contributed by atoms with E-state index in [0.717, 1.165) is 24.1 Å². The van der Waals surface area contributed by atoms with Crippen molar-refractivity contribution in [1.82, 2.24) is 14.6 Å². The number of H-pyrrole nitrogens is 1. The van der Waals surface area contributed by atoms with Crippen LogP contribution in [-0.2, 0) is 10.0 Å². The van der Waals surface area contributed by atoms with Gasteiger partial charge in [-0.05, 0) is 66.8 Å². The Morgan fingerprint density at radius 3 is 2.52 bits per heavy atom. The number of nitrogens with zero attached hydrogens (tertiary/aromatic N) is 1. The number of benzene rings is 2. The third-order valence-corrected chi connectivity index (χ3v) is 7.45. The maximum absolute atomic E-state index is 12.9. The first-order valence-corrected chi connectivity index (χ1v) is 11.9. The molecule has 1 saturated heterocycles. The number of fused-ring (bicyclic) bond motifs is 1. The lowest BCUT2D eigenvalue weighted by molar-refractivity contribution is 0.0713. The first-order chi connectivity index (χ1) is 14.9. The molecule has 0 spiro atoms. The molecule has 1 aromatic heterocycles. The molecule has 0 unspecified atom stereocenters. The molecule has 0 bridgehead atoms. The van der Waals surface area contributed by atoms with Crippen LogP contribution >= 0.6 is 0 Å². The summed E-state index contributed by atoms with van der Waals surface area (Å²) in [7, 11) is -1.85. The van der Waals surface area contributed by atoms with Crippen LogP contribution in [-0.4, -0.2) is 51.0 Å². The number of nitrogens with one attached hydrogen (secondary N) is 2. The molecule has 7 nitrogen and oxygen atoms in total. The highest BCUT2D eigenvalue weighted by atomic mass is 32.2. The zero-order valence-corrected chi connectivity index (χ0v) is 18.5. The van der Waals surface area contributed by atoms with Crippen molar-refractivity contribution in [1.29, 1.82) is 0 Å². The molecule has 0 aliphatic carbocycles. The second-order valence-corrected chi connectivity index (χ2v) is 9.51. The number of carbonyl (C=O) groups is 1. The minimum atomic E-state index is -3.52. The van der Waals surface area contributed by atoms with Gasteiger partial charge in [0, 0.05) is 42.3 Å². The fourth-order valence-electron chi connectivity index (χ4n) is 4.21. The van der Waals surface area contributed by atoms with E-state index < -0.39 is 10.0 Å². The SMILES string of the molecule is CCNS(=O)(=O)c1ccc(C(=O)N2CCC(c3c[nH]c4ccc(OC)cc34)CC2)cc1. The monoisotopic (exact) mass is 441 g/mol. The molecule has 2 aromatic carbocycles. The van der Waals surface area contributed by atoms with E-state index in [1.807, 2.05) is 17.0 Å². The fraction of sp³-hybridized carbons (Fsp3) is 0.348. The van der Waals surface area contributed by atoms with Crippen molar-refractivity contribution in [3.05, 3.63) is 59.8 Å². The van der Waals surface area contributed by atoms with Crippen molar-refractivity contribution in [3.8, 4) is 5.75 Å². The average Bonchev–Trinajstić information content (AvgIpc) is 3.22. The Hall–Kier alpha value is -2.84. The third kappa shape index (κ3) is 4.31. The van der Waals surface area contributed by atoms with Crippen LogP contribution in [0.4, 0.5) is 0 Å². The molecule has 0 radical (unpaired) electrons.